The lowest BCUT2D eigenvalue weighted by molar-refractivity contribution is 0.0996. The van der Waals surface area contributed by atoms with Crippen LogP contribution in [0.2, 0.25) is 0 Å². The van der Waals surface area contributed by atoms with E-state index < -0.39 is 17.0 Å². The van der Waals surface area contributed by atoms with Gasteiger partial charge in [-0.05, 0) is 37.0 Å². The maximum absolute atomic E-state index is 12.0. The van der Waals surface area contributed by atoms with Crippen LogP contribution in [-0.4, -0.2) is 36.7 Å². The molecule has 0 aliphatic heterocycles. The molecule has 1 atom stereocenters. The van der Waals surface area contributed by atoms with Gasteiger partial charge in [0.2, 0.25) is 0 Å². The maximum Gasteiger partial charge on any atom is 0.271 e. The number of nitrogens with two attached hydrogens (primary N) is 2. The van der Waals surface area contributed by atoms with Gasteiger partial charge in [0.25, 0.3) is 5.91 Å². The Bertz CT molecular complexity index is 962. The zero-order chi connectivity index (χ0) is 22.4. The molecule has 0 radical (unpaired) electrons. The first-order valence-electron chi connectivity index (χ1n) is 10.4. The summed E-state index contributed by atoms with van der Waals surface area (Å²) in [7, 11) is 0. The zero-order valence-electron chi connectivity index (χ0n) is 17.6. The Labute approximate surface area is 184 Å². The van der Waals surface area contributed by atoms with Crippen molar-refractivity contribution in [2.75, 3.05) is 17.2 Å². The summed E-state index contributed by atoms with van der Waals surface area (Å²) in [5.41, 5.74) is 13.7. The van der Waals surface area contributed by atoms with Crippen molar-refractivity contribution in [3.05, 3.63) is 41.2 Å². The van der Waals surface area contributed by atoms with Crippen LogP contribution in [0.5, 0.6) is 0 Å². The first-order valence-corrected chi connectivity index (χ1v) is 11.7. The molecule has 1 fully saturated rings. The van der Waals surface area contributed by atoms with Gasteiger partial charge in [0, 0.05) is 23.5 Å². The highest BCUT2D eigenvalue weighted by Crippen LogP contribution is 2.28. The second-order valence-electron chi connectivity index (χ2n) is 7.98. The van der Waals surface area contributed by atoms with Gasteiger partial charge in [-0.1, -0.05) is 49.4 Å². The molecule has 1 aromatic heterocycles. The Morgan fingerprint density at radius 1 is 1.23 bits per heavy atom. The Balaban J connectivity index is 1.88. The third-order valence-electron chi connectivity index (χ3n) is 5.47. The normalized spacial score (nSPS) is 16.5. The van der Waals surface area contributed by atoms with E-state index in [-0.39, 0.29) is 22.8 Å². The van der Waals surface area contributed by atoms with E-state index >= 15 is 0 Å². The Morgan fingerprint density at radius 2 is 1.97 bits per heavy atom. The lowest BCUT2D eigenvalue weighted by atomic mass is 9.82. The summed E-state index contributed by atoms with van der Waals surface area (Å²) in [5, 5.41) is 6.39. The van der Waals surface area contributed by atoms with E-state index in [0.717, 1.165) is 25.7 Å². The molecule has 1 heterocycles. The Kier molecular flexibility index (Phi) is 7.58. The molecule has 31 heavy (non-hydrogen) atoms. The van der Waals surface area contributed by atoms with Gasteiger partial charge < -0.3 is 26.7 Å². The second kappa shape index (κ2) is 10.2. The molecular weight excluding hydrogens is 416 g/mol. The molecular formula is C21H29N6O3S-. The molecule has 168 valence electrons. The molecule has 9 nitrogen and oxygen atoms in total. The molecule has 1 unspecified atom stereocenters. The van der Waals surface area contributed by atoms with Gasteiger partial charge in [-0.3, -0.25) is 9.00 Å². The number of anilines is 3. The van der Waals surface area contributed by atoms with E-state index in [2.05, 4.69) is 20.6 Å². The number of nitrogens with one attached hydrogen (secondary N) is 2. The molecule has 2 aromatic rings. The minimum atomic E-state index is -2.20. The van der Waals surface area contributed by atoms with Crippen LogP contribution in [-0.2, 0) is 23.3 Å². The summed E-state index contributed by atoms with van der Waals surface area (Å²) in [6.07, 6.45) is 5.91. The average Bonchev–Trinajstić information content (AvgIpc) is 2.72. The minimum Gasteiger partial charge on any atom is -0.772 e. The van der Waals surface area contributed by atoms with Crippen LogP contribution in [0, 0.1) is 0 Å². The lowest BCUT2D eigenvalue weighted by Gasteiger charge is -2.33. The number of primary amides is 1. The zero-order valence-corrected chi connectivity index (χ0v) is 18.5. The van der Waals surface area contributed by atoms with E-state index in [0.29, 0.717) is 35.7 Å². The van der Waals surface area contributed by atoms with Gasteiger partial charge in [0.05, 0.1) is 5.69 Å². The first-order chi connectivity index (χ1) is 14.8. The summed E-state index contributed by atoms with van der Waals surface area (Å²) in [6.45, 7) is 2.49. The van der Waals surface area contributed by atoms with Crippen LogP contribution < -0.4 is 22.1 Å². The average molecular weight is 446 g/mol. The molecule has 1 amide bonds. The standard InChI is InChI=1S/C21H30N6O3S/c1-2-16-19(24-13-21(23)9-4-3-5-10-21)27-20(17(26-16)18(22)28)25-15-8-6-7-14(11-15)12-31(29)30/h6-8,11H,2-5,9-10,12-13,23H2,1H3,(H2,22,28)(H,29,30)(H2,24,25,27)/p-1. The topological polar surface area (TPSA) is 159 Å². The molecule has 0 saturated heterocycles. The van der Waals surface area contributed by atoms with Gasteiger partial charge >= 0.3 is 0 Å². The highest BCUT2D eigenvalue weighted by Gasteiger charge is 2.28. The highest BCUT2D eigenvalue weighted by atomic mass is 32.2. The number of carbonyl (C=O) groups excluding carboxylic acids is 1. The number of nitrogens with zero attached hydrogens (tertiary/aromatic N) is 2. The Hall–Kier alpha value is -2.56. The van der Waals surface area contributed by atoms with E-state index in [4.69, 9.17) is 11.5 Å². The van der Waals surface area contributed by atoms with E-state index in [1.165, 1.54) is 6.42 Å². The van der Waals surface area contributed by atoms with Crippen LogP contribution in [0.15, 0.2) is 24.3 Å². The largest absolute Gasteiger partial charge is 0.772 e. The van der Waals surface area contributed by atoms with Crippen molar-refractivity contribution in [3.8, 4) is 0 Å². The smallest absolute Gasteiger partial charge is 0.271 e. The van der Waals surface area contributed by atoms with Crippen molar-refractivity contribution in [1.29, 1.82) is 0 Å². The number of hydrogen-bond donors (Lipinski definition) is 4. The fraction of sp³-hybridized carbons (Fsp3) is 0.476. The lowest BCUT2D eigenvalue weighted by Crippen LogP contribution is -2.47. The SMILES string of the molecule is CCc1nc(C(N)=O)c(Nc2cccc(CS(=O)[O-])c2)nc1NCC1(N)CCCCC1. The molecule has 0 bridgehead atoms. The van der Waals surface area contributed by atoms with E-state index in [9.17, 15) is 13.6 Å². The quantitative estimate of drug-likeness (QED) is 0.428. The van der Waals surface area contributed by atoms with Crippen LogP contribution in [0.4, 0.5) is 17.3 Å². The van der Waals surface area contributed by atoms with Crippen molar-refractivity contribution in [3.63, 3.8) is 0 Å². The molecule has 1 aliphatic carbocycles. The number of amides is 1. The van der Waals surface area contributed by atoms with Gasteiger partial charge in [-0.2, -0.15) is 0 Å². The van der Waals surface area contributed by atoms with Crippen LogP contribution in [0.3, 0.4) is 0 Å². The van der Waals surface area contributed by atoms with Gasteiger partial charge in [0.15, 0.2) is 11.5 Å². The van der Waals surface area contributed by atoms with E-state index in [1.807, 2.05) is 6.92 Å². The number of aryl methyl sites for hydroxylation is 1. The van der Waals surface area contributed by atoms with Crippen molar-refractivity contribution >= 4 is 34.3 Å². The van der Waals surface area contributed by atoms with Gasteiger partial charge in [-0.25, -0.2) is 9.97 Å². The third-order valence-corrected chi connectivity index (χ3v) is 6.04. The summed E-state index contributed by atoms with van der Waals surface area (Å²) in [6, 6.07) is 6.86. The molecule has 0 spiro atoms. The number of hydrogen-bond acceptors (Lipinski definition) is 8. The monoisotopic (exact) mass is 445 g/mol. The number of rotatable bonds is 9. The second-order valence-corrected chi connectivity index (χ2v) is 8.88. The number of carbonyl (C=O) groups is 1. The maximum atomic E-state index is 12.0. The van der Waals surface area contributed by atoms with Gasteiger partial charge in [-0.15, -0.1) is 0 Å². The predicted molar refractivity (Wildman–Crippen MR) is 121 cm³/mol. The fourth-order valence-electron chi connectivity index (χ4n) is 3.82. The predicted octanol–water partition coefficient (Wildman–Crippen LogP) is 2.33. The number of aromatic nitrogens is 2. The molecule has 1 saturated carbocycles. The number of benzene rings is 1. The van der Waals surface area contributed by atoms with Crippen molar-refractivity contribution in [2.45, 2.75) is 56.7 Å². The minimum absolute atomic E-state index is 0.0281. The molecule has 1 aliphatic rings. The van der Waals surface area contributed by atoms with Crippen molar-refractivity contribution < 1.29 is 13.6 Å². The summed E-state index contributed by atoms with van der Waals surface area (Å²) in [5.74, 6) is -0.0375. The molecule has 1 aromatic carbocycles. The van der Waals surface area contributed by atoms with Crippen LogP contribution >= 0.6 is 0 Å². The van der Waals surface area contributed by atoms with Crippen molar-refractivity contribution in [2.24, 2.45) is 11.5 Å². The van der Waals surface area contributed by atoms with Crippen LogP contribution in [0.25, 0.3) is 0 Å². The molecule has 10 heteroatoms. The Morgan fingerprint density at radius 3 is 2.61 bits per heavy atom. The summed E-state index contributed by atoms with van der Waals surface area (Å²) >= 11 is -2.20. The van der Waals surface area contributed by atoms with Gasteiger partial charge in [0.1, 0.15) is 5.82 Å². The first kappa shape index (κ1) is 23.1. The van der Waals surface area contributed by atoms with E-state index in [1.54, 1.807) is 24.3 Å². The fourth-order valence-corrected chi connectivity index (χ4v) is 4.27. The third kappa shape index (κ3) is 6.22. The van der Waals surface area contributed by atoms with Crippen LogP contribution in [0.1, 0.15) is 60.8 Å². The molecule has 6 N–H and O–H groups in total. The van der Waals surface area contributed by atoms with Crippen molar-refractivity contribution in [1.82, 2.24) is 9.97 Å². The summed E-state index contributed by atoms with van der Waals surface area (Å²) in [4.78, 5) is 21.1. The molecule has 3 rings (SSSR count). The highest BCUT2D eigenvalue weighted by molar-refractivity contribution is 7.78. The summed E-state index contributed by atoms with van der Waals surface area (Å²) < 4.78 is 22.0.